The minimum absolute atomic E-state index is 0.0549. The molecule has 4 rings (SSSR count). The van der Waals surface area contributed by atoms with E-state index in [2.05, 4.69) is 4.99 Å². The van der Waals surface area contributed by atoms with Gasteiger partial charge in [-0.3, -0.25) is 14.2 Å². The van der Waals surface area contributed by atoms with Crippen LogP contribution < -0.4 is 24.4 Å². The number of benzene rings is 2. The Morgan fingerprint density at radius 1 is 1.11 bits per heavy atom. The van der Waals surface area contributed by atoms with E-state index in [1.165, 1.54) is 18.4 Å². The van der Waals surface area contributed by atoms with Crippen molar-refractivity contribution in [2.45, 2.75) is 26.8 Å². The van der Waals surface area contributed by atoms with Crippen molar-refractivity contribution in [1.29, 1.82) is 0 Å². The number of methoxy groups -OCH3 is 2. The van der Waals surface area contributed by atoms with Gasteiger partial charge in [-0.05, 0) is 39.0 Å². The summed E-state index contributed by atoms with van der Waals surface area (Å²) in [6.07, 6.45) is 1.62. The molecule has 2 aromatic carbocycles. The summed E-state index contributed by atoms with van der Waals surface area (Å²) in [4.78, 5) is 34.4. The van der Waals surface area contributed by atoms with E-state index in [1.807, 2.05) is 38.1 Å². The first-order valence-corrected chi connectivity index (χ1v) is 12.5. The van der Waals surface area contributed by atoms with Gasteiger partial charge in [-0.15, -0.1) is 0 Å². The predicted molar refractivity (Wildman–Crippen MR) is 139 cm³/mol. The van der Waals surface area contributed by atoms with Crippen molar-refractivity contribution >= 4 is 23.3 Å². The smallest absolute Gasteiger partial charge is 0.271 e. The number of likely N-dealkylation sites (N-methyl/N-ethyl adjacent to an activating group) is 1. The number of thiazole rings is 1. The number of phenolic OH excluding ortho intramolecular Hbond substituents is 1. The second-order valence-electron chi connectivity index (χ2n) is 8.20. The lowest BCUT2D eigenvalue weighted by atomic mass is 9.94. The highest BCUT2D eigenvalue weighted by Crippen LogP contribution is 2.36. The van der Waals surface area contributed by atoms with Crippen molar-refractivity contribution < 1.29 is 19.4 Å². The van der Waals surface area contributed by atoms with Crippen LogP contribution in [0, 0.1) is 0 Å². The molecule has 1 N–H and O–H groups in total. The Hall–Kier alpha value is -3.85. The van der Waals surface area contributed by atoms with Crippen molar-refractivity contribution in [3.05, 3.63) is 84.5 Å². The van der Waals surface area contributed by atoms with Crippen LogP contribution in [0.5, 0.6) is 17.2 Å². The monoisotopic (exact) mass is 507 g/mol. The van der Waals surface area contributed by atoms with Crippen LogP contribution in [0.4, 0.5) is 0 Å². The molecule has 1 aromatic heterocycles. The molecule has 1 aliphatic rings. The van der Waals surface area contributed by atoms with E-state index < -0.39 is 6.04 Å². The molecule has 0 saturated carbocycles. The van der Waals surface area contributed by atoms with Crippen LogP contribution in [0.25, 0.3) is 6.08 Å². The summed E-state index contributed by atoms with van der Waals surface area (Å²) in [5, 5.41) is 10.6. The molecule has 0 aliphatic carbocycles. The van der Waals surface area contributed by atoms with Crippen LogP contribution in [-0.2, 0) is 4.79 Å². The number of ether oxygens (including phenoxy) is 2. The number of nitrogens with zero attached hydrogens (tertiary/aromatic N) is 3. The Morgan fingerprint density at radius 3 is 2.44 bits per heavy atom. The quantitative estimate of drug-likeness (QED) is 0.531. The van der Waals surface area contributed by atoms with E-state index in [4.69, 9.17) is 9.47 Å². The van der Waals surface area contributed by atoms with Crippen molar-refractivity contribution in [2.24, 2.45) is 4.99 Å². The van der Waals surface area contributed by atoms with Gasteiger partial charge in [0, 0.05) is 24.2 Å². The molecule has 1 amide bonds. The first-order valence-electron chi connectivity index (χ1n) is 11.7. The number of carbonyl (C=O) groups excluding carboxylic acids is 1. The molecule has 8 nitrogen and oxygen atoms in total. The molecule has 3 aromatic rings. The highest BCUT2D eigenvalue weighted by Gasteiger charge is 2.35. The molecular formula is C27H29N3O5S. The van der Waals surface area contributed by atoms with Gasteiger partial charge in [-0.2, -0.15) is 0 Å². The summed E-state index contributed by atoms with van der Waals surface area (Å²) in [5.74, 6) is 0.658. The molecule has 1 atom stereocenters. The summed E-state index contributed by atoms with van der Waals surface area (Å²) in [7, 11) is 3.04. The lowest BCUT2D eigenvalue weighted by Gasteiger charge is -2.29. The zero-order valence-corrected chi connectivity index (χ0v) is 21.8. The van der Waals surface area contributed by atoms with Crippen LogP contribution in [0.2, 0.25) is 0 Å². The number of hydrogen-bond donors (Lipinski definition) is 1. The SMILES string of the molecule is CCN(CC)C(=O)C1=C(C)N=c2s/c(=C/c3cccc(OC)c3O)c(=O)n2[C@H]1c1ccccc1OC. The van der Waals surface area contributed by atoms with E-state index >= 15 is 0 Å². The zero-order chi connectivity index (χ0) is 26.0. The topological polar surface area (TPSA) is 93.4 Å². The molecule has 0 saturated heterocycles. The van der Waals surface area contributed by atoms with Crippen molar-refractivity contribution in [2.75, 3.05) is 27.3 Å². The predicted octanol–water partition coefficient (Wildman–Crippen LogP) is 2.83. The van der Waals surface area contributed by atoms with Gasteiger partial charge in [0.1, 0.15) is 11.8 Å². The van der Waals surface area contributed by atoms with Gasteiger partial charge in [0.15, 0.2) is 16.3 Å². The summed E-state index contributed by atoms with van der Waals surface area (Å²) < 4.78 is 12.8. The second kappa shape index (κ2) is 10.4. The molecule has 2 heterocycles. The van der Waals surface area contributed by atoms with E-state index in [-0.39, 0.29) is 17.2 Å². The fourth-order valence-electron chi connectivity index (χ4n) is 4.42. The largest absolute Gasteiger partial charge is 0.504 e. The minimum Gasteiger partial charge on any atom is -0.504 e. The number of aromatic hydroxyl groups is 1. The van der Waals surface area contributed by atoms with Gasteiger partial charge in [-0.25, -0.2) is 4.99 Å². The van der Waals surface area contributed by atoms with E-state index in [9.17, 15) is 14.7 Å². The number of aromatic nitrogens is 1. The van der Waals surface area contributed by atoms with Gasteiger partial charge in [0.2, 0.25) is 0 Å². The van der Waals surface area contributed by atoms with Crippen LogP contribution in [0.15, 0.2) is 63.5 Å². The lowest BCUT2D eigenvalue weighted by molar-refractivity contribution is -0.127. The van der Waals surface area contributed by atoms with Crippen LogP contribution in [-0.4, -0.2) is 47.8 Å². The van der Waals surface area contributed by atoms with Gasteiger partial charge in [-0.1, -0.05) is 41.7 Å². The Balaban J connectivity index is 2.01. The molecular weight excluding hydrogens is 478 g/mol. The maximum atomic E-state index is 13.8. The molecule has 0 bridgehead atoms. The Bertz CT molecular complexity index is 1510. The maximum absolute atomic E-state index is 13.8. The first kappa shape index (κ1) is 25.2. The second-order valence-corrected chi connectivity index (χ2v) is 9.21. The third-order valence-electron chi connectivity index (χ3n) is 6.27. The number of phenols is 1. The van der Waals surface area contributed by atoms with Crippen LogP contribution in [0.1, 0.15) is 37.9 Å². The Labute approximate surface area is 213 Å². The first-order chi connectivity index (χ1) is 17.4. The van der Waals surface area contributed by atoms with Gasteiger partial charge >= 0.3 is 0 Å². The highest BCUT2D eigenvalue weighted by atomic mass is 32.1. The minimum atomic E-state index is -0.716. The number of allylic oxidation sites excluding steroid dienone is 1. The highest BCUT2D eigenvalue weighted by molar-refractivity contribution is 7.07. The van der Waals surface area contributed by atoms with Gasteiger partial charge in [0.25, 0.3) is 11.5 Å². The van der Waals surface area contributed by atoms with Crippen molar-refractivity contribution in [3.63, 3.8) is 0 Å². The molecule has 0 radical (unpaired) electrons. The van der Waals surface area contributed by atoms with E-state index in [1.54, 1.807) is 47.8 Å². The molecule has 0 spiro atoms. The molecule has 0 unspecified atom stereocenters. The molecule has 1 aliphatic heterocycles. The lowest BCUT2D eigenvalue weighted by Crippen LogP contribution is -2.43. The fraction of sp³-hybridized carbons (Fsp3) is 0.296. The average Bonchev–Trinajstić information content (AvgIpc) is 3.19. The number of rotatable bonds is 7. The number of hydrogen-bond acceptors (Lipinski definition) is 7. The molecule has 188 valence electrons. The van der Waals surface area contributed by atoms with Crippen LogP contribution >= 0.6 is 11.3 Å². The zero-order valence-electron chi connectivity index (χ0n) is 20.9. The number of carbonyl (C=O) groups is 1. The normalized spacial score (nSPS) is 15.4. The van der Waals surface area contributed by atoms with Crippen LogP contribution in [0.3, 0.4) is 0 Å². The number of amides is 1. The summed E-state index contributed by atoms with van der Waals surface area (Å²) in [5.41, 5.74) is 1.82. The van der Waals surface area contributed by atoms with Gasteiger partial charge in [0.05, 0.1) is 30.0 Å². The summed E-state index contributed by atoms with van der Waals surface area (Å²) in [6, 6.07) is 11.8. The standard InChI is InChI=1S/C27H29N3O5S/c1-6-29(7-2)26(33)22-16(3)28-27-30(23(22)18-12-8-9-13-19(18)34-4)25(32)21(36-27)15-17-11-10-14-20(35-5)24(17)31/h8-15,23,31H,6-7H2,1-5H3/b21-15+/t23-/m0/s1. The third kappa shape index (κ3) is 4.30. The summed E-state index contributed by atoms with van der Waals surface area (Å²) >= 11 is 1.20. The Morgan fingerprint density at radius 2 is 1.78 bits per heavy atom. The summed E-state index contributed by atoms with van der Waals surface area (Å²) in [6.45, 7) is 6.70. The average molecular weight is 508 g/mol. The fourth-order valence-corrected chi connectivity index (χ4v) is 5.46. The molecule has 36 heavy (non-hydrogen) atoms. The van der Waals surface area contributed by atoms with Crippen molar-refractivity contribution in [3.8, 4) is 17.2 Å². The van der Waals surface area contributed by atoms with Crippen molar-refractivity contribution in [1.82, 2.24) is 9.47 Å². The van der Waals surface area contributed by atoms with E-state index in [0.717, 1.165) is 0 Å². The molecule has 9 heteroatoms. The number of para-hydroxylation sites is 2. The maximum Gasteiger partial charge on any atom is 0.271 e. The molecule has 0 fully saturated rings. The Kier molecular flexibility index (Phi) is 7.30. The third-order valence-corrected chi connectivity index (χ3v) is 7.26. The van der Waals surface area contributed by atoms with E-state index in [0.29, 0.717) is 56.3 Å². The number of fused-ring (bicyclic) bond motifs is 1. The van der Waals surface area contributed by atoms with Gasteiger partial charge < -0.3 is 19.5 Å².